The van der Waals surface area contributed by atoms with Crippen LogP contribution in [0.15, 0.2) is 17.1 Å². The van der Waals surface area contributed by atoms with Crippen LogP contribution in [0.5, 0.6) is 0 Å². The molecular weight excluding hydrogens is 262 g/mol. The van der Waals surface area contributed by atoms with Gasteiger partial charge in [-0.25, -0.2) is 4.99 Å². The number of aliphatic imine (C=N–C) groups is 1. The first kappa shape index (κ1) is 15.5. The highest BCUT2D eigenvalue weighted by atomic mass is 32.1. The number of esters is 1. The van der Waals surface area contributed by atoms with E-state index in [4.69, 9.17) is 0 Å². The lowest BCUT2D eigenvalue weighted by Crippen LogP contribution is -2.38. The molecule has 0 aliphatic rings. The monoisotopic (exact) mass is 283 g/mol. The molecular formula is C13H21N3O2S. The fraction of sp³-hybridized carbons (Fsp3) is 0.538. The third-order valence-corrected chi connectivity index (χ3v) is 3.37. The highest BCUT2D eigenvalue weighted by Crippen LogP contribution is 2.15. The number of methoxy groups -OCH3 is 1. The maximum atomic E-state index is 11.0. The molecule has 1 rings (SSSR count). The van der Waals surface area contributed by atoms with Gasteiger partial charge >= 0.3 is 5.97 Å². The molecule has 0 spiro atoms. The van der Waals surface area contributed by atoms with Gasteiger partial charge in [0.2, 0.25) is 0 Å². The minimum atomic E-state index is -0.225. The number of thiophene rings is 1. The molecule has 0 aliphatic heterocycles. The van der Waals surface area contributed by atoms with Gasteiger partial charge in [0, 0.05) is 22.8 Å². The predicted octanol–water partition coefficient (Wildman–Crippen LogP) is 1.67. The molecule has 0 radical (unpaired) electrons. The lowest BCUT2D eigenvalue weighted by molar-refractivity contribution is -0.140. The molecule has 5 nitrogen and oxygen atoms in total. The van der Waals surface area contributed by atoms with Crippen molar-refractivity contribution in [3.05, 3.63) is 21.9 Å². The molecule has 6 heteroatoms. The van der Waals surface area contributed by atoms with E-state index in [9.17, 15) is 4.79 Å². The van der Waals surface area contributed by atoms with Gasteiger partial charge in [0.1, 0.15) is 0 Å². The Morgan fingerprint density at radius 1 is 1.42 bits per heavy atom. The van der Waals surface area contributed by atoms with Gasteiger partial charge in [-0.1, -0.05) is 0 Å². The Morgan fingerprint density at radius 3 is 2.79 bits per heavy atom. The number of nitrogens with zero attached hydrogens (tertiary/aromatic N) is 1. The van der Waals surface area contributed by atoms with Crippen LogP contribution in [0.1, 0.15) is 23.1 Å². The molecule has 0 saturated carbocycles. The maximum absolute atomic E-state index is 11.0. The highest BCUT2D eigenvalue weighted by Gasteiger charge is 2.02. The first-order valence-corrected chi connectivity index (χ1v) is 7.11. The Hall–Kier alpha value is -1.56. The Bertz CT molecular complexity index is 429. The van der Waals surface area contributed by atoms with Gasteiger partial charge in [0.15, 0.2) is 5.96 Å². The number of ether oxygens (including phenoxy) is 1. The summed E-state index contributed by atoms with van der Waals surface area (Å²) < 4.78 is 4.59. The molecule has 1 heterocycles. The zero-order chi connectivity index (χ0) is 14.1. The quantitative estimate of drug-likeness (QED) is 0.474. The van der Waals surface area contributed by atoms with E-state index in [1.165, 1.54) is 16.9 Å². The molecule has 0 amide bonds. The second-order valence-corrected chi connectivity index (χ2v) is 5.33. The van der Waals surface area contributed by atoms with E-state index in [1.807, 2.05) is 6.92 Å². The minimum Gasteiger partial charge on any atom is -0.469 e. The lowest BCUT2D eigenvalue weighted by Gasteiger charge is -2.10. The van der Waals surface area contributed by atoms with E-state index in [1.54, 1.807) is 11.3 Å². The Morgan fingerprint density at radius 2 is 2.21 bits per heavy atom. The van der Waals surface area contributed by atoms with E-state index >= 15 is 0 Å². The average molecular weight is 283 g/mol. The summed E-state index contributed by atoms with van der Waals surface area (Å²) in [5.74, 6) is 0.495. The summed E-state index contributed by atoms with van der Waals surface area (Å²) in [4.78, 5) is 18.0. The van der Waals surface area contributed by atoms with Gasteiger partial charge in [0.05, 0.1) is 20.1 Å². The van der Waals surface area contributed by atoms with Crippen LogP contribution in [0.2, 0.25) is 0 Å². The molecule has 0 fully saturated rings. The van der Waals surface area contributed by atoms with Gasteiger partial charge in [-0.15, -0.1) is 11.3 Å². The molecule has 19 heavy (non-hydrogen) atoms. The van der Waals surface area contributed by atoms with Gasteiger partial charge in [-0.05, 0) is 26.0 Å². The summed E-state index contributed by atoms with van der Waals surface area (Å²) in [5.41, 5.74) is 0. The third kappa shape index (κ3) is 6.24. The van der Waals surface area contributed by atoms with Crippen LogP contribution in [0.25, 0.3) is 0 Å². The Kier molecular flexibility index (Phi) is 6.95. The van der Waals surface area contributed by atoms with E-state index in [-0.39, 0.29) is 5.97 Å². The summed E-state index contributed by atoms with van der Waals surface area (Å²) in [5, 5.41) is 6.25. The molecule has 0 aromatic carbocycles. The molecule has 1 aromatic heterocycles. The minimum absolute atomic E-state index is 0.225. The van der Waals surface area contributed by atoms with Crippen molar-refractivity contribution in [2.75, 3.05) is 20.2 Å². The van der Waals surface area contributed by atoms with Crippen molar-refractivity contribution in [2.45, 2.75) is 26.8 Å². The van der Waals surface area contributed by atoms with Crippen molar-refractivity contribution in [1.29, 1.82) is 0 Å². The lowest BCUT2D eigenvalue weighted by atomic mass is 10.4. The topological polar surface area (TPSA) is 62.7 Å². The molecule has 0 bridgehead atoms. The van der Waals surface area contributed by atoms with Crippen molar-refractivity contribution >= 4 is 23.3 Å². The molecule has 0 unspecified atom stereocenters. The smallest absolute Gasteiger partial charge is 0.307 e. The number of aryl methyl sites for hydroxylation is 1. The zero-order valence-corrected chi connectivity index (χ0v) is 12.5. The molecule has 2 N–H and O–H groups in total. The van der Waals surface area contributed by atoms with Crippen LogP contribution in [-0.4, -0.2) is 32.1 Å². The van der Waals surface area contributed by atoms with E-state index in [2.05, 4.69) is 39.4 Å². The first-order valence-electron chi connectivity index (χ1n) is 6.30. The summed E-state index contributed by atoms with van der Waals surface area (Å²) in [6, 6.07) is 4.18. The van der Waals surface area contributed by atoms with Gasteiger partial charge in [-0.2, -0.15) is 0 Å². The van der Waals surface area contributed by atoms with E-state index < -0.39 is 0 Å². The normalized spacial score (nSPS) is 11.2. The predicted molar refractivity (Wildman–Crippen MR) is 78.5 cm³/mol. The summed E-state index contributed by atoms with van der Waals surface area (Å²) in [7, 11) is 1.39. The number of carbonyl (C=O) groups excluding carboxylic acids is 1. The van der Waals surface area contributed by atoms with Gasteiger partial charge in [0.25, 0.3) is 0 Å². The largest absolute Gasteiger partial charge is 0.469 e. The summed E-state index contributed by atoms with van der Waals surface area (Å²) >= 11 is 1.74. The second-order valence-electron chi connectivity index (χ2n) is 3.96. The zero-order valence-electron chi connectivity index (χ0n) is 11.7. The number of rotatable bonds is 6. The van der Waals surface area contributed by atoms with Gasteiger partial charge in [-0.3, -0.25) is 4.79 Å². The first-order chi connectivity index (χ1) is 9.15. The SMILES string of the molecule is CCNC(=NCc1ccc(C)s1)NCCC(=O)OC. The van der Waals surface area contributed by atoms with Crippen molar-refractivity contribution < 1.29 is 9.53 Å². The van der Waals surface area contributed by atoms with Crippen molar-refractivity contribution in [3.63, 3.8) is 0 Å². The number of nitrogens with one attached hydrogen (secondary N) is 2. The van der Waals surface area contributed by atoms with Crippen LogP contribution >= 0.6 is 11.3 Å². The number of hydrogen-bond donors (Lipinski definition) is 2. The van der Waals surface area contributed by atoms with Crippen molar-refractivity contribution in [3.8, 4) is 0 Å². The second kappa shape index (κ2) is 8.53. The van der Waals surface area contributed by atoms with Crippen LogP contribution in [0.4, 0.5) is 0 Å². The Balaban J connectivity index is 2.44. The van der Waals surface area contributed by atoms with Crippen LogP contribution in [-0.2, 0) is 16.1 Å². The fourth-order valence-corrected chi connectivity index (χ4v) is 2.27. The molecule has 0 atom stereocenters. The number of carbonyl (C=O) groups is 1. The van der Waals surface area contributed by atoms with E-state index in [0.717, 1.165) is 12.5 Å². The number of hydrogen-bond acceptors (Lipinski definition) is 4. The summed E-state index contributed by atoms with van der Waals surface area (Å²) in [6.45, 7) is 6.03. The molecule has 0 aliphatic carbocycles. The number of guanidine groups is 1. The van der Waals surface area contributed by atoms with Crippen LogP contribution < -0.4 is 10.6 Å². The van der Waals surface area contributed by atoms with Crippen LogP contribution in [0.3, 0.4) is 0 Å². The van der Waals surface area contributed by atoms with E-state index in [0.29, 0.717) is 19.5 Å². The average Bonchev–Trinajstić information content (AvgIpc) is 2.81. The highest BCUT2D eigenvalue weighted by molar-refractivity contribution is 7.11. The van der Waals surface area contributed by atoms with Crippen LogP contribution in [0, 0.1) is 6.92 Å². The molecule has 0 saturated heterocycles. The third-order valence-electron chi connectivity index (χ3n) is 2.38. The Labute approximate surface area is 118 Å². The summed E-state index contributed by atoms with van der Waals surface area (Å²) in [6.07, 6.45) is 0.332. The van der Waals surface area contributed by atoms with Crippen molar-refractivity contribution in [2.24, 2.45) is 4.99 Å². The molecule has 106 valence electrons. The standard InChI is InChI=1S/C13H21N3O2S/c1-4-14-13(15-8-7-12(17)18-3)16-9-11-6-5-10(2)19-11/h5-6H,4,7-9H2,1-3H3,(H2,14,15,16). The van der Waals surface area contributed by atoms with Crippen molar-refractivity contribution in [1.82, 2.24) is 10.6 Å². The molecule has 1 aromatic rings. The maximum Gasteiger partial charge on any atom is 0.307 e. The fourth-order valence-electron chi connectivity index (χ4n) is 1.45. The van der Waals surface area contributed by atoms with Gasteiger partial charge < -0.3 is 15.4 Å².